The lowest BCUT2D eigenvalue weighted by molar-refractivity contribution is -0.121. The van der Waals surface area contributed by atoms with E-state index in [-0.39, 0.29) is 11.9 Å². The van der Waals surface area contributed by atoms with Crippen LogP contribution in [0, 0.1) is 5.92 Å². The summed E-state index contributed by atoms with van der Waals surface area (Å²) in [6.07, 6.45) is 1.14. The van der Waals surface area contributed by atoms with Gasteiger partial charge in [-0.25, -0.2) is 0 Å². The summed E-state index contributed by atoms with van der Waals surface area (Å²) in [6, 6.07) is 5.66. The quantitative estimate of drug-likeness (QED) is 0.868. The monoisotopic (exact) mass is 287 g/mol. The SMILES string of the molecule is CC(C)[C@H](C)NC(=O)CCc1ccc(Cl)c(Cl)c1. The zero-order valence-corrected chi connectivity index (χ0v) is 12.5. The van der Waals surface area contributed by atoms with Crippen LogP contribution in [0.5, 0.6) is 0 Å². The number of halogens is 2. The molecule has 4 heteroatoms. The van der Waals surface area contributed by atoms with Crippen molar-refractivity contribution in [3.8, 4) is 0 Å². The number of hydrogen-bond donors (Lipinski definition) is 1. The van der Waals surface area contributed by atoms with Gasteiger partial charge in [-0.05, 0) is 37.0 Å². The summed E-state index contributed by atoms with van der Waals surface area (Å²) in [6.45, 7) is 6.19. The van der Waals surface area contributed by atoms with Gasteiger partial charge in [-0.1, -0.05) is 43.1 Å². The number of carbonyl (C=O) groups is 1. The second-order valence-corrected chi connectivity index (χ2v) is 5.66. The van der Waals surface area contributed by atoms with Gasteiger partial charge in [-0.3, -0.25) is 4.79 Å². The molecule has 2 nitrogen and oxygen atoms in total. The molecule has 1 aromatic carbocycles. The number of hydrogen-bond acceptors (Lipinski definition) is 1. The fourth-order valence-corrected chi connectivity index (χ4v) is 1.77. The topological polar surface area (TPSA) is 29.1 Å². The zero-order valence-electron chi connectivity index (χ0n) is 11.0. The van der Waals surface area contributed by atoms with Gasteiger partial charge in [0.05, 0.1) is 10.0 Å². The largest absolute Gasteiger partial charge is 0.353 e. The lowest BCUT2D eigenvalue weighted by Gasteiger charge is -2.17. The lowest BCUT2D eigenvalue weighted by atomic mass is 10.1. The summed E-state index contributed by atoms with van der Waals surface area (Å²) >= 11 is 11.8. The molecule has 0 saturated carbocycles. The molecular weight excluding hydrogens is 269 g/mol. The van der Waals surface area contributed by atoms with Crippen LogP contribution in [-0.4, -0.2) is 11.9 Å². The minimum Gasteiger partial charge on any atom is -0.353 e. The second-order valence-electron chi connectivity index (χ2n) is 4.85. The third-order valence-corrected chi connectivity index (χ3v) is 3.75. The molecule has 0 aromatic heterocycles. The summed E-state index contributed by atoms with van der Waals surface area (Å²) in [5, 5.41) is 4.05. The van der Waals surface area contributed by atoms with Crippen LogP contribution in [0.25, 0.3) is 0 Å². The number of benzene rings is 1. The Labute approximate surface area is 119 Å². The maximum atomic E-state index is 11.7. The van der Waals surface area contributed by atoms with Crippen molar-refractivity contribution in [2.24, 2.45) is 5.92 Å². The number of nitrogens with one attached hydrogen (secondary N) is 1. The van der Waals surface area contributed by atoms with Gasteiger partial charge in [0.15, 0.2) is 0 Å². The van der Waals surface area contributed by atoms with Crippen LogP contribution in [0.15, 0.2) is 18.2 Å². The van der Waals surface area contributed by atoms with Crippen molar-refractivity contribution in [3.63, 3.8) is 0 Å². The van der Waals surface area contributed by atoms with Crippen LogP contribution in [0.2, 0.25) is 10.0 Å². The van der Waals surface area contributed by atoms with E-state index in [0.717, 1.165) is 5.56 Å². The van der Waals surface area contributed by atoms with Gasteiger partial charge in [0.2, 0.25) is 5.91 Å². The highest BCUT2D eigenvalue weighted by Crippen LogP contribution is 2.23. The first-order chi connectivity index (χ1) is 8.40. The molecular formula is C14H19Cl2NO. The van der Waals surface area contributed by atoms with E-state index in [4.69, 9.17) is 23.2 Å². The predicted octanol–water partition coefficient (Wildman–Crippen LogP) is 4.09. The molecule has 0 spiro atoms. The Morgan fingerprint density at radius 3 is 2.44 bits per heavy atom. The Bertz CT molecular complexity index is 418. The molecule has 100 valence electrons. The van der Waals surface area contributed by atoms with E-state index in [0.29, 0.717) is 28.8 Å². The van der Waals surface area contributed by atoms with Crippen LogP contribution in [0.1, 0.15) is 32.8 Å². The van der Waals surface area contributed by atoms with E-state index in [2.05, 4.69) is 19.2 Å². The summed E-state index contributed by atoms with van der Waals surface area (Å²) in [5.41, 5.74) is 1.02. The van der Waals surface area contributed by atoms with Gasteiger partial charge >= 0.3 is 0 Å². The third-order valence-electron chi connectivity index (χ3n) is 3.01. The van der Waals surface area contributed by atoms with Gasteiger partial charge in [0.1, 0.15) is 0 Å². The first kappa shape index (κ1) is 15.3. The summed E-state index contributed by atoms with van der Waals surface area (Å²) in [5.74, 6) is 0.515. The van der Waals surface area contributed by atoms with Gasteiger partial charge in [0, 0.05) is 12.5 Å². The molecule has 1 N–H and O–H groups in total. The average Bonchev–Trinajstić information content (AvgIpc) is 2.30. The van der Waals surface area contributed by atoms with Crippen molar-refractivity contribution >= 4 is 29.1 Å². The van der Waals surface area contributed by atoms with E-state index in [1.165, 1.54) is 0 Å². The average molecular weight is 288 g/mol. The first-order valence-electron chi connectivity index (χ1n) is 6.13. The summed E-state index contributed by atoms with van der Waals surface area (Å²) < 4.78 is 0. The fourth-order valence-electron chi connectivity index (χ4n) is 1.45. The van der Waals surface area contributed by atoms with Crippen molar-refractivity contribution in [2.45, 2.75) is 39.7 Å². The van der Waals surface area contributed by atoms with Gasteiger partial charge < -0.3 is 5.32 Å². The normalized spacial score (nSPS) is 12.6. The number of amides is 1. The van der Waals surface area contributed by atoms with Crippen molar-refractivity contribution < 1.29 is 4.79 Å². The summed E-state index contributed by atoms with van der Waals surface area (Å²) in [4.78, 5) is 11.7. The fraction of sp³-hybridized carbons (Fsp3) is 0.500. The highest BCUT2D eigenvalue weighted by atomic mass is 35.5. The molecule has 0 aliphatic heterocycles. The Kier molecular flexibility index (Phi) is 5.97. The van der Waals surface area contributed by atoms with E-state index >= 15 is 0 Å². The van der Waals surface area contributed by atoms with E-state index in [1.54, 1.807) is 6.07 Å². The van der Waals surface area contributed by atoms with E-state index in [1.807, 2.05) is 19.1 Å². The molecule has 0 saturated heterocycles. The Balaban J connectivity index is 2.45. The van der Waals surface area contributed by atoms with Crippen LogP contribution in [0.4, 0.5) is 0 Å². The van der Waals surface area contributed by atoms with Crippen LogP contribution < -0.4 is 5.32 Å². The Morgan fingerprint density at radius 1 is 1.22 bits per heavy atom. The van der Waals surface area contributed by atoms with Crippen molar-refractivity contribution in [1.29, 1.82) is 0 Å². The number of aryl methyl sites for hydroxylation is 1. The molecule has 0 bridgehead atoms. The maximum Gasteiger partial charge on any atom is 0.220 e. The third kappa shape index (κ3) is 4.87. The molecule has 18 heavy (non-hydrogen) atoms. The van der Waals surface area contributed by atoms with Crippen LogP contribution in [0.3, 0.4) is 0 Å². The predicted molar refractivity (Wildman–Crippen MR) is 77.2 cm³/mol. The zero-order chi connectivity index (χ0) is 13.7. The van der Waals surface area contributed by atoms with Crippen molar-refractivity contribution in [2.75, 3.05) is 0 Å². The number of carbonyl (C=O) groups excluding carboxylic acids is 1. The lowest BCUT2D eigenvalue weighted by Crippen LogP contribution is -2.36. The first-order valence-corrected chi connectivity index (χ1v) is 6.89. The molecule has 1 atom stereocenters. The van der Waals surface area contributed by atoms with Gasteiger partial charge in [-0.2, -0.15) is 0 Å². The molecule has 1 amide bonds. The highest BCUT2D eigenvalue weighted by Gasteiger charge is 2.10. The maximum absolute atomic E-state index is 11.7. The van der Waals surface area contributed by atoms with Crippen molar-refractivity contribution in [3.05, 3.63) is 33.8 Å². The smallest absolute Gasteiger partial charge is 0.220 e. The molecule has 0 radical (unpaired) electrons. The second kappa shape index (κ2) is 7.01. The standard InChI is InChI=1S/C14H19Cl2NO/c1-9(2)10(3)17-14(18)7-5-11-4-6-12(15)13(16)8-11/h4,6,8-10H,5,7H2,1-3H3,(H,17,18)/t10-/m0/s1. The Hall–Kier alpha value is -0.730. The highest BCUT2D eigenvalue weighted by molar-refractivity contribution is 6.42. The molecule has 1 rings (SSSR count). The molecule has 0 aliphatic rings. The van der Waals surface area contributed by atoms with E-state index < -0.39 is 0 Å². The molecule has 0 aliphatic carbocycles. The number of rotatable bonds is 5. The molecule has 0 fully saturated rings. The van der Waals surface area contributed by atoms with Crippen LogP contribution in [-0.2, 0) is 11.2 Å². The summed E-state index contributed by atoms with van der Waals surface area (Å²) in [7, 11) is 0. The van der Waals surface area contributed by atoms with Gasteiger partial charge in [0.25, 0.3) is 0 Å². The minimum atomic E-state index is 0.0715. The van der Waals surface area contributed by atoms with Crippen LogP contribution >= 0.6 is 23.2 Å². The van der Waals surface area contributed by atoms with Gasteiger partial charge in [-0.15, -0.1) is 0 Å². The van der Waals surface area contributed by atoms with Crippen molar-refractivity contribution in [1.82, 2.24) is 5.32 Å². The molecule has 1 aromatic rings. The van der Waals surface area contributed by atoms with E-state index in [9.17, 15) is 4.79 Å². The molecule has 0 heterocycles. The molecule has 0 unspecified atom stereocenters. The Morgan fingerprint density at radius 2 is 1.89 bits per heavy atom. The minimum absolute atomic E-state index is 0.0715.